The van der Waals surface area contributed by atoms with Gasteiger partial charge in [-0.3, -0.25) is 4.79 Å². The van der Waals surface area contributed by atoms with Gasteiger partial charge in [0.15, 0.2) is 0 Å². The Hall–Kier alpha value is -1.35. The van der Waals surface area contributed by atoms with Crippen LogP contribution in [0, 0.1) is 12.8 Å². The highest BCUT2D eigenvalue weighted by molar-refractivity contribution is 5.78. The van der Waals surface area contributed by atoms with Crippen LogP contribution in [0.25, 0.3) is 0 Å². The average molecular weight is 276 g/mol. The molecule has 0 aromatic heterocycles. The van der Waals surface area contributed by atoms with Crippen molar-refractivity contribution in [1.29, 1.82) is 0 Å². The minimum absolute atomic E-state index is 0.0746. The topological polar surface area (TPSA) is 55.1 Å². The summed E-state index contributed by atoms with van der Waals surface area (Å²) in [6.07, 6.45) is 3.81. The van der Waals surface area contributed by atoms with E-state index in [2.05, 4.69) is 24.4 Å². The van der Waals surface area contributed by atoms with Crippen LogP contribution >= 0.6 is 0 Å². The molecule has 0 spiro atoms. The number of amides is 1. The highest BCUT2D eigenvalue weighted by Crippen LogP contribution is 2.10. The lowest BCUT2D eigenvalue weighted by Crippen LogP contribution is -2.31. The smallest absolute Gasteiger partial charge is 0.222 e. The number of benzene rings is 1. The van der Waals surface area contributed by atoms with E-state index in [1.807, 2.05) is 26.0 Å². The second kappa shape index (κ2) is 8.75. The molecule has 1 amide bonds. The minimum Gasteiger partial charge on any atom is -0.356 e. The van der Waals surface area contributed by atoms with Gasteiger partial charge in [-0.1, -0.05) is 37.6 Å². The molecule has 0 radical (unpaired) electrons. The third-order valence-corrected chi connectivity index (χ3v) is 3.70. The molecule has 0 aliphatic heterocycles. The fourth-order valence-electron chi connectivity index (χ4n) is 2.26. The van der Waals surface area contributed by atoms with E-state index in [1.54, 1.807) is 0 Å². The molecule has 1 aromatic carbocycles. The van der Waals surface area contributed by atoms with Gasteiger partial charge in [0.2, 0.25) is 5.91 Å². The lowest BCUT2D eigenvalue weighted by molar-refractivity contribution is -0.124. The van der Waals surface area contributed by atoms with E-state index < -0.39 is 0 Å². The number of carbonyl (C=O) groups excluding carboxylic acids is 1. The van der Waals surface area contributed by atoms with Crippen LogP contribution in [0.1, 0.15) is 44.2 Å². The van der Waals surface area contributed by atoms with Gasteiger partial charge < -0.3 is 11.1 Å². The largest absolute Gasteiger partial charge is 0.356 e. The molecule has 20 heavy (non-hydrogen) atoms. The Morgan fingerprint density at radius 1 is 1.25 bits per heavy atom. The first-order valence-electron chi connectivity index (χ1n) is 7.58. The predicted octanol–water partition coefficient (Wildman–Crippen LogP) is 2.81. The van der Waals surface area contributed by atoms with E-state index in [4.69, 9.17) is 5.73 Å². The number of rotatable bonds is 8. The molecule has 0 heterocycles. The SMILES string of the molecule is Cc1ccccc1CCNC(=O)C(C)CCCC(C)N. The van der Waals surface area contributed by atoms with Crippen LogP contribution < -0.4 is 11.1 Å². The number of hydrogen-bond acceptors (Lipinski definition) is 2. The number of nitrogens with two attached hydrogens (primary N) is 1. The maximum Gasteiger partial charge on any atom is 0.222 e. The number of carbonyl (C=O) groups is 1. The Morgan fingerprint density at radius 3 is 2.60 bits per heavy atom. The van der Waals surface area contributed by atoms with Gasteiger partial charge in [0.1, 0.15) is 0 Å². The molecule has 0 aliphatic carbocycles. The second-order valence-corrected chi connectivity index (χ2v) is 5.78. The van der Waals surface area contributed by atoms with Crippen LogP contribution in [-0.2, 0) is 11.2 Å². The van der Waals surface area contributed by atoms with Gasteiger partial charge in [-0.2, -0.15) is 0 Å². The standard InChI is InChI=1S/C17H28N2O/c1-13-7-4-5-10-16(13)11-12-19-17(20)14(2)8-6-9-15(3)18/h4-5,7,10,14-15H,6,8-9,11-12,18H2,1-3H3,(H,19,20). The van der Waals surface area contributed by atoms with Gasteiger partial charge in [-0.15, -0.1) is 0 Å². The van der Waals surface area contributed by atoms with Crippen LogP contribution in [-0.4, -0.2) is 18.5 Å². The molecule has 1 aromatic rings. The maximum atomic E-state index is 12.0. The van der Waals surface area contributed by atoms with Gasteiger partial charge in [0, 0.05) is 18.5 Å². The van der Waals surface area contributed by atoms with E-state index in [0.717, 1.165) is 25.7 Å². The normalized spacial score (nSPS) is 13.8. The van der Waals surface area contributed by atoms with E-state index >= 15 is 0 Å². The minimum atomic E-state index is 0.0746. The van der Waals surface area contributed by atoms with Crippen LogP contribution in [0.15, 0.2) is 24.3 Å². The fraction of sp³-hybridized carbons (Fsp3) is 0.588. The third kappa shape index (κ3) is 6.20. The Morgan fingerprint density at radius 2 is 1.95 bits per heavy atom. The summed E-state index contributed by atoms with van der Waals surface area (Å²) < 4.78 is 0. The average Bonchev–Trinajstić information content (AvgIpc) is 2.40. The Kier molecular flexibility index (Phi) is 7.31. The van der Waals surface area contributed by atoms with Crippen molar-refractivity contribution < 1.29 is 4.79 Å². The van der Waals surface area contributed by atoms with Crippen molar-refractivity contribution in [2.75, 3.05) is 6.54 Å². The van der Waals surface area contributed by atoms with E-state index in [9.17, 15) is 4.79 Å². The zero-order chi connectivity index (χ0) is 15.0. The van der Waals surface area contributed by atoms with Gasteiger partial charge in [-0.25, -0.2) is 0 Å². The van der Waals surface area contributed by atoms with Gasteiger partial charge in [0.25, 0.3) is 0 Å². The molecule has 2 unspecified atom stereocenters. The van der Waals surface area contributed by atoms with Crippen molar-refractivity contribution in [1.82, 2.24) is 5.32 Å². The summed E-state index contributed by atoms with van der Waals surface area (Å²) in [6.45, 7) is 6.81. The molecule has 3 heteroatoms. The first-order chi connectivity index (χ1) is 9.50. The zero-order valence-electron chi connectivity index (χ0n) is 13.0. The summed E-state index contributed by atoms with van der Waals surface area (Å²) in [5.74, 6) is 0.230. The maximum absolute atomic E-state index is 12.0. The monoisotopic (exact) mass is 276 g/mol. The zero-order valence-corrected chi connectivity index (χ0v) is 13.0. The van der Waals surface area contributed by atoms with Crippen molar-refractivity contribution >= 4 is 5.91 Å². The van der Waals surface area contributed by atoms with Crippen LogP contribution in [0.3, 0.4) is 0 Å². The summed E-state index contributed by atoms with van der Waals surface area (Å²) in [5, 5.41) is 3.03. The second-order valence-electron chi connectivity index (χ2n) is 5.78. The van der Waals surface area contributed by atoms with E-state index in [0.29, 0.717) is 6.54 Å². The number of hydrogen-bond donors (Lipinski definition) is 2. The molecule has 0 saturated carbocycles. The molecule has 3 N–H and O–H groups in total. The van der Waals surface area contributed by atoms with Crippen molar-refractivity contribution in [2.45, 2.75) is 52.5 Å². The Labute approximate surface area is 122 Å². The predicted molar refractivity (Wildman–Crippen MR) is 84.6 cm³/mol. The Balaban J connectivity index is 2.24. The lowest BCUT2D eigenvalue weighted by atomic mass is 10.0. The molecule has 2 atom stereocenters. The number of nitrogens with one attached hydrogen (secondary N) is 1. The van der Waals surface area contributed by atoms with Gasteiger partial charge in [0.05, 0.1) is 0 Å². The molecule has 0 fully saturated rings. The van der Waals surface area contributed by atoms with Crippen LogP contribution in [0.2, 0.25) is 0 Å². The molecule has 0 saturated heterocycles. The van der Waals surface area contributed by atoms with E-state index in [-0.39, 0.29) is 17.9 Å². The van der Waals surface area contributed by atoms with Gasteiger partial charge >= 0.3 is 0 Å². The first-order valence-corrected chi connectivity index (χ1v) is 7.58. The summed E-state index contributed by atoms with van der Waals surface area (Å²) in [6, 6.07) is 8.53. The van der Waals surface area contributed by atoms with Crippen LogP contribution in [0.4, 0.5) is 0 Å². The first kappa shape index (κ1) is 16.7. The third-order valence-electron chi connectivity index (χ3n) is 3.70. The fourth-order valence-corrected chi connectivity index (χ4v) is 2.26. The van der Waals surface area contributed by atoms with Gasteiger partial charge in [-0.05, 0) is 44.2 Å². The highest BCUT2D eigenvalue weighted by Gasteiger charge is 2.12. The number of aryl methyl sites for hydroxylation is 1. The van der Waals surface area contributed by atoms with Crippen LogP contribution in [0.5, 0.6) is 0 Å². The van der Waals surface area contributed by atoms with E-state index in [1.165, 1.54) is 11.1 Å². The van der Waals surface area contributed by atoms with Crippen molar-refractivity contribution in [2.24, 2.45) is 11.7 Å². The summed E-state index contributed by atoms with van der Waals surface area (Å²) in [5.41, 5.74) is 8.30. The molecule has 3 nitrogen and oxygen atoms in total. The Bertz CT molecular complexity index is 415. The molecule has 1 rings (SSSR count). The molecule has 0 aliphatic rings. The molecular weight excluding hydrogens is 248 g/mol. The quantitative estimate of drug-likeness (QED) is 0.767. The molecule has 112 valence electrons. The summed E-state index contributed by atoms with van der Waals surface area (Å²) >= 11 is 0. The van der Waals surface area contributed by atoms with Crippen molar-refractivity contribution in [3.05, 3.63) is 35.4 Å². The van der Waals surface area contributed by atoms with Crippen molar-refractivity contribution in [3.8, 4) is 0 Å². The lowest BCUT2D eigenvalue weighted by Gasteiger charge is -2.13. The molecular formula is C17H28N2O. The van der Waals surface area contributed by atoms with Crippen molar-refractivity contribution in [3.63, 3.8) is 0 Å². The highest BCUT2D eigenvalue weighted by atomic mass is 16.1. The summed E-state index contributed by atoms with van der Waals surface area (Å²) in [4.78, 5) is 12.0. The summed E-state index contributed by atoms with van der Waals surface area (Å²) in [7, 11) is 0. The molecule has 0 bridgehead atoms.